The molecule has 33 heavy (non-hydrogen) atoms. The van der Waals surface area contributed by atoms with Gasteiger partial charge in [0.1, 0.15) is 12.1 Å². The third kappa shape index (κ3) is 9.42. The van der Waals surface area contributed by atoms with Gasteiger partial charge in [-0.1, -0.05) is 61.9 Å². The second-order valence-electron chi connectivity index (χ2n) is 9.27. The number of aliphatic carboxylic acids is 1. The number of hydrogen-bond donors (Lipinski definition) is 4. The van der Waals surface area contributed by atoms with E-state index in [2.05, 4.69) is 10.6 Å². The molecule has 0 saturated heterocycles. The highest BCUT2D eigenvalue weighted by Gasteiger charge is 2.29. The number of amides is 3. The van der Waals surface area contributed by atoms with Crippen LogP contribution >= 0.6 is 0 Å². The lowest BCUT2D eigenvalue weighted by molar-refractivity contribution is -0.139. The van der Waals surface area contributed by atoms with Gasteiger partial charge >= 0.3 is 12.0 Å². The third-order valence-corrected chi connectivity index (χ3v) is 6.33. The van der Waals surface area contributed by atoms with Gasteiger partial charge in [-0.3, -0.25) is 4.79 Å². The summed E-state index contributed by atoms with van der Waals surface area (Å²) in [6, 6.07) is 5.67. The molecule has 0 heterocycles. The van der Waals surface area contributed by atoms with Crippen LogP contribution in [0.25, 0.3) is 0 Å². The number of hydrogen-bond acceptors (Lipinski definition) is 4. The number of carboxylic acids is 1. The monoisotopic (exact) mass is 460 g/mol. The molecule has 8 heteroatoms. The Hall–Kier alpha value is -2.61. The van der Waals surface area contributed by atoms with E-state index in [1.165, 1.54) is 6.42 Å². The molecule has 0 aliphatic heterocycles. The van der Waals surface area contributed by atoms with Gasteiger partial charge in [-0.25, -0.2) is 9.59 Å². The summed E-state index contributed by atoms with van der Waals surface area (Å²) in [5.74, 6) is -0.874. The zero-order valence-electron chi connectivity index (χ0n) is 20.0. The van der Waals surface area contributed by atoms with Crippen molar-refractivity contribution >= 4 is 17.9 Å². The molecule has 184 valence electrons. The third-order valence-electron chi connectivity index (χ3n) is 6.33. The minimum Gasteiger partial charge on any atom is -0.480 e. The van der Waals surface area contributed by atoms with Crippen LogP contribution in [-0.4, -0.2) is 53.6 Å². The minimum absolute atomic E-state index is 0.160. The molecule has 0 bridgehead atoms. The number of nitrogens with zero attached hydrogens (tertiary/aromatic N) is 1. The van der Waals surface area contributed by atoms with E-state index in [1.807, 2.05) is 31.2 Å². The fourth-order valence-corrected chi connectivity index (χ4v) is 4.51. The van der Waals surface area contributed by atoms with Crippen LogP contribution in [0.3, 0.4) is 0 Å². The van der Waals surface area contributed by atoms with E-state index in [4.69, 9.17) is 5.73 Å². The molecule has 0 aromatic heterocycles. The van der Waals surface area contributed by atoms with Gasteiger partial charge in [0.2, 0.25) is 5.91 Å². The second-order valence-corrected chi connectivity index (χ2v) is 9.27. The molecule has 1 aliphatic carbocycles. The summed E-state index contributed by atoms with van der Waals surface area (Å²) in [5.41, 5.74) is 7.63. The number of nitrogens with one attached hydrogen (secondary N) is 2. The van der Waals surface area contributed by atoms with Gasteiger partial charge in [0.25, 0.3) is 0 Å². The number of carbonyl (C=O) groups is 3. The van der Waals surface area contributed by atoms with Crippen molar-refractivity contribution in [2.45, 2.75) is 83.3 Å². The first kappa shape index (κ1) is 26.6. The minimum atomic E-state index is -1.09. The number of unbranched alkanes of at least 4 members (excludes halogenated alkanes) is 1. The lowest BCUT2D eigenvalue weighted by atomic mass is 9.84. The zero-order valence-corrected chi connectivity index (χ0v) is 20.0. The van der Waals surface area contributed by atoms with Crippen molar-refractivity contribution in [1.82, 2.24) is 15.5 Å². The SMILES string of the molecule is Cc1cccc(CN(C)C(=O)[C@@H](CC2CCCCC2)NC(=O)NC(CCCCN)C(=O)O)c1. The quantitative estimate of drug-likeness (QED) is 0.357. The average molecular weight is 461 g/mol. The highest BCUT2D eigenvalue weighted by atomic mass is 16.4. The van der Waals surface area contributed by atoms with Gasteiger partial charge in [-0.05, 0) is 50.6 Å². The number of benzene rings is 1. The molecule has 0 spiro atoms. The van der Waals surface area contributed by atoms with E-state index in [0.29, 0.717) is 44.7 Å². The largest absolute Gasteiger partial charge is 0.480 e. The van der Waals surface area contributed by atoms with Crippen molar-refractivity contribution < 1.29 is 19.5 Å². The maximum Gasteiger partial charge on any atom is 0.326 e. The summed E-state index contributed by atoms with van der Waals surface area (Å²) < 4.78 is 0. The normalized spacial score (nSPS) is 16.0. The summed E-state index contributed by atoms with van der Waals surface area (Å²) >= 11 is 0. The first-order valence-electron chi connectivity index (χ1n) is 12.1. The molecule has 3 amide bonds. The first-order valence-corrected chi connectivity index (χ1v) is 12.1. The molecule has 1 unspecified atom stereocenters. The molecule has 0 radical (unpaired) electrons. The standard InChI is InChI=1S/C25H40N4O4/c1-18-9-8-12-20(15-18)17-29(2)23(30)22(16-19-10-4-3-5-11-19)28-25(33)27-21(24(31)32)13-6-7-14-26/h8-9,12,15,19,21-22H,3-7,10-11,13-14,16-17,26H2,1-2H3,(H,31,32)(H2,27,28,33)/t21?,22-/m1/s1. The number of carboxylic acid groups (broad SMARTS) is 1. The van der Waals surface area contributed by atoms with E-state index in [0.717, 1.165) is 36.8 Å². The first-order chi connectivity index (χ1) is 15.8. The van der Waals surface area contributed by atoms with Crippen molar-refractivity contribution in [3.8, 4) is 0 Å². The predicted molar refractivity (Wildman–Crippen MR) is 129 cm³/mol. The number of likely N-dealkylation sites (N-methyl/N-ethyl adjacent to an activating group) is 1. The fraction of sp³-hybridized carbons (Fsp3) is 0.640. The summed E-state index contributed by atoms with van der Waals surface area (Å²) in [7, 11) is 1.74. The molecule has 2 atom stereocenters. The van der Waals surface area contributed by atoms with Crippen molar-refractivity contribution in [1.29, 1.82) is 0 Å². The molecule has 1 aromatic carbocycles. The molecule has 1 saturated carbocycles. The summed E-state index contributed by atoms with van der Waals surface area (Å²) in [6.45, 7) is 2.93. The van der Waals surface area contributed by atoms with E-state index >= 15 is 0 Å². The van der Waals surface area contributed by atoms with Crippen LogP contribution in [-0.2, 0) is 16.1 Å². The molecule has 1 fully saturated rings. The highest BCUT2D eigenvalue weighted by Crippen LogP contribution is 2.28. The van der Waals surface area contributed by atoms with Crippen molar-refractivity contribution in [3.05, 3.63) is 35.4 Å². The van der Waals surface area contributed by atoms with Crippen molar-refractivity contribution in [2.75, 3.05) is 13.6 Å². The number of urea groups is 1. The number of carbonyl (C=O) groups excluding carboxylic acids is 2. The molecule has 8 nitrogen and oxygen atoms in total. The van der Waals surface area contributed by atoms with Crippen molar-refractivity contribution in [2.24, 2.45) is 11.7 Å². The summed E-state index contributed by atoms with van der Waals surface area (Å²) in [5, 5.41) is 14.8. The Labute approximate surface area is 197 Å². The Morgan fingerprint density at radius 2 is 1.82 bits per heavy atom. The lowest BCUT2D eigenvalue weighted by Crippen LogP contribution is -2.54. The van der Waals surface area contributed by atoms with E-state index in [-0.39, 0.29) is 5.91 Å². The van der Waals surface area contributed by atoms with Gasteiger partial charge in [0.05, 0.1) is 0 Å². The van der Waals surface area contributed by atoms with Gasteiger partial charge in [-0.2, -0.15) is 0 Å². The van der Waals surface area contributed by atoms with Crippen LogP contribution in [0.5, 0.6) is 0 Å². The Bertz CT molecular complexity index is 779. The summed E-state index contributed by atoms with van der Waals surface area (Å²) in [4.78, 5) is 39.2. The van der Waals surface area contributed by atoms with Gasteiger partial charge < -0.3 is 26.4 Å². The maximum absolute atomic E-state index is 13.3. The van der Waals surface area contributed by atoms with Gasteiger partial charge in [0.15, 0.2) is 0 Å². The molecule has 1 aromatic rings. The van der Waals surface area contributed by atoms with Crippen LogP contribution in [0, 0.1) is 12.8 Å². The molecular formula is C25H40N4O4. The second kappa shape index (κ2) is 13.8. The van der Waals surface area contributed by atoms with E-state index in [9.17, 15) is 19.5 Å². The molecule has 5 N–H and O–H groups in total. The maximum atomic E-state index is 13.3. The number of nitrogens with two attached hydrogens (primary N) is 1. The highest BCUT2D eigenvalue weighted by molar-refractivity contribution is 5.88. The van der Waals surface area contributed by atoms with Crippen molar-refractivity contribution in [3.63, 3.8) is 0 Å². The Morgan fingerprint density at radius 3 is 2.45 bits per heavy atom. The predicted octanol–water partition coefficient (Wildman–Crippen LogP) is 3.17. The zero-order chi connectivity index (χ0) is 24.2. The lowest BCUT2D eigenvalue weighted by Gasteiger charge is -2.30. The Balaban J connectivity index is 2.05. The number of aryl methyl sites for hydroxylation is 1. The molecule has 1 aliphatic rings. The van der Waals surface area contributed by atoms with Crippen LogP contribution in [0.1, 0.15) is 68.9 Å². The molecule has 2 rings (SSSR count). The van der Waals surface area contributed by atoms with Crippen LogP contribution in [0.4, 0.5) is 4.79 Å². The van der Waals surface area contributed by atoms with Gasteiger partial charge in [0, 0.05) is 13.6 Å². The Kier molecular flexibility index (Phi) is 11.2. The Morgan fingerprint density at radius 1 is 1.12 bits per heavy atom. The van der Waals surface area contributed by atoms with Crippen LogP contribution in [0.15, 0.2) is 24.3 Å². The average Bonchev–Trinajstić information content (AvgIpc) is 2.78. The summed E-state index contributed by atoms with van der Waals surface area (Å²) in [6.07, 6.45) is 7.75. The molecular weight excluding hydrogens is 420 g/mol. The smallest absolute Gasteiger partial charge is 0.326 e. The number of rotatable bonds is 12. The van der Waals surface area contributed by atoms with Crippen LogP contribution in [0.2, 0.25) is 0 Å². The topological polar surface area (TPSA) is 125 Å². The van der Waals surface area contributed by atoms with Crippen LogP contribution < -0.4 is 16.4 Å². The van der Waals surface area contributed by atoms with Gasteiger partial charge in [-0.15, -0.1) is 0 Å². The fourth-order valence-electron chi connectivity index (χ4n) is 4.51. The van der Waals surface area contributed by atoms with E-state index < -0.39 is 24.1 Å². The van der Waals surface area contributed by atoms with E-state index in [1.54, 1.807) is 11.9 Å².